The molecular formula is C12H19ClN2O. The molecule has 16 heavy (non-hydrogen) atoms. The van der Waals surface area contributed by atoms with Crippen molar-refractivity contribution in [2.45, 2.75) is 25.8 Å². The summed E-state index contributed by atoms with van der Waals surface area (Å²) < 4.78 is 5.03. The van der Waals surface area contributed by atoms with E-state index in [0.29, 0.717) is 0 Å². The van der Waals surface area contributed by atoms with E-state index in [1.807, 2.05) is 18.2 Å². The molecule has 0 aliphatic rings. The van der Waals surface area contributed by atoms with Gasteiger partial charge >= 0.3 is 0 Å². The molecule has 3 nitrogen and oxygen atoms in total. The zero-order valence-electron chi connectivity index (χ0n) is 9.79. The van der Waals surface area contributed by atoms with Gasteiger partial charge in [0, 0.05) is 24.8 Å². The van der Waals surface area contributed by atoms with Crippen LogP contribution in [0.2, 0.25) is 5.02 Å². The molecule has 0 heterocycles. The van der Waals surface area contributed by atoms with Gasteiger partial charge in [-0.25, -0.2) is 0 Å². The monoisotopic (exact) mass is 242 g/mol. The maximum Gasteiger partial charge on any atom is 0.0464 e. The second-order valence-corrected chi connectivity index (χ2v) is 4.29. The van der Waals surface area contributed by atoms with Crippen molar-refractivity contribution in [3.63, 3.8) is 0 Å². The van der Waals surface area contributed by atoms with Gasteiger partial charge in [-0.1, -0.05) is 17.7 Å². The summed E-state index contributed by atoms with van der Waals surface area (Å²) in [6.45, 7) is 2.81. The van der Waals surface area contributed by atoms with Crippen LogP contribution in [0.25, 0.3) is 0 Å². The van der Waals surface area contributed by atoms with E-state index in [0.717, 1.165) is 30.0 Å². The topological polar surface area (TPSA) is 47.3 Å². The first-order valence-corrected chi connectivity index (χ1v) is 5.78. The molecule has 1 aromatic carbocycles. The molecule has 1 aromatic rings. The number of hydrazine groups is 1. The zero-order chi connectivity index (χ0) is 12.0. The molecule has 3 N–H and O–H groups in total. The maximum absolute atomic E-state index is 5.99. The number of ether oxygens (including phenoxy) is 1. The first-order chi connectivity index (χ1) is 7.69. The number of aryl methyl sites for hydroxylation is 1. The average molecular weight is 243 g/mol. The molecule has 0 saturated carbocycles. The minimum absolute atomic E-state index is 0.133. The summed E-state index contributed by atoms with van der Waals surface area (Å²) >= 11 is 5.99. The highest BCUT2D eigenvalue weighted by atomic mass is 35.5. The van der Waals surface area contributed by atoms with Crippen LogP contribution in [0.5, 0.6) is 0 Å². The number of hydrogen-bond acceptors (Lipinski definition) is 3. The summed E-state index contributed by atoms with van der Waals surface area (Å²) in [6, 6.07) is 6.00. The van der Waals surface area contributed by atoms with Crippen LogP contribution in [-0.4, -0.2) is 13.7 Å². The van der Waals surface area contributed by atoms with Crippen molar-refractivity contribution in [2.75, 3.05) is 13.7 Å². The molecule has 1 unspecified atom stereocenters. The predicted molar refractivity (Wildman–Crippen MR) is 67.4 cm³/mol. The van der Waals surface area contributed by atoms with Gasteiger partial charge in [0.2, 0.25) is 0 Å². The van der Waals surface area contributed by atoms with Crippen LogP contribution >= 0.6 is 11.6 Å². The lowest BCUT2D eigenvalue weighted by molar-refractivity contribution is 0.188. The molecule has 0 spiro atoms. The molecule has 0 aromatic heterocycles. The quantitative estimate of drug-likeness (QED) is 0.458. The lowest BCUT2D eigenvalue weighted by atomic mass is 9.98. The largest absolute Gasteiger partial charge is 0.385 e. The summed E-state index contributed by atoms with van der Waals surface area (Å²) in [5.41, 5.74) is 5.19. The Balaban J connectivity index is 2.73. The minimum atomic E-state index is 0.133. The van der Waals surface area contributed by atoms with Crippen molar-refractivity contribution in [3.8, 4) is 0 Å². The van der Waals surface area contributed by atoms with Gasteiger partial charge in [-0.3, -0.25) is 11.3 Å². The summed E-state index contributed by atoms with van der Waals surface area (Å²) in [4.78, 5) is 0. The smallest absolute Gasteiger partial charge is 0.0464 e. The Labute approximate surface area is 102 Å². The minimum Gasteiger partial charge on any atom is -0.385 e. The van der Waals surface area contributed by atoms with Crippen LogP contribution in [0.4, 0.5) is 0 Å². The Morgan fingerprint density at radius 3 is 2.88 bits per heavy atom. The Bertz CT molecular complexity index is 331. The van der Waals surface area contributed by atoms with E-state index in [1.165, 1.54) is 5.56 Å². The molecule has 1 atom stereocenters. The van der Waals surface area contributed by atoms with Crippen LogP contribution in [0, 0.1) is 6.92 Å². The fourth-order valence-corrected chi connectivity index (χ4v) is 1.93. The van der Waals surface area contributed by atoms with Gasteiger partial charge in [-0.05, 0) is 43.0 Å². The fourth-order valence-electron chi connectivity index (χ4n) is 1.75. The number of hydrogen-bond donors (Lipinski definition) is 2. The molecule has 0 bridgehead atoms. The van der Waals surface area contributed by atoms with Crippen LogP contribution in [0.15, 0.2) is 18.2 Å². The van der Waals surface area contributed by atoms with E-state index < -0.39 is 0 Å². The van der Waals surface area contributed by atoms with E-state index in [-0.39, 0.29) is 6.04 Å². The number of halogens is 1. The Hall–Kier alpha value is -0.610. The van der Waals surface area contributed by atoms with Crippen LogP contribution in [0.1, 0.15) is 30.0 Å². The second-order valence-electron chi connectivity index (χ2n) is 3.86. The highest BCUT2D eigenvalue weighted by Crippen LogP contribution is 2.24. The molecule has 0 amide bonds. The van der Waals surface area contributed by atoms with Crippen molar-refractivity contribution >= 4 is 11.6 Å². The van der Waals surface area contributed by atoms with Crippen LogP contribution in [-0.2, 0) is 4.74 Å². The Kier molecular flexibility index (Phi) is 5.77. The Morgan fingerprint density at radius 2 is 2.25 bits per heavy atom. The van der Waals surface area contributed by atoms with E-state index in [9.17, 15) is 0 Å². The van der Waals surface area contributed by atoms with Crippen molar-refractivity contribution in [1.29, 1.82) is 0 Å². The normalized spacial score (nSPS) is 12.8. The van der Waals surface area contributed by atoms with Gasteiger partial charge in [0.1, 0.15) is 0 Å². The summed E-state index contributed by atoms with van der Waals surface area (Å²) in [6.07, 6.45) is 1.91. The summed E-state index contributed by atoms with van der Waals surface area (Å²) in [7, 11) is 1.70. The molecule has 1 rings (SSSR count). The van der Waals surface area contributed by atoms with Gasteiger partial charge < -0.3 is 4.74 Å². The number of rotatable bonds is 6. The highest BCUT2D eigenvalue weighted by Gasteiger charge is 2.12. The molecule has 90 valence electrons. The van der Waals surface area contributed by atoms with Gasteiger partial charge in [0.25, 0.3) is 0 Å². The third-order valence-corrected chi connectivity index (χ3v) is 2.89. The van der Waals surface area contributed by atoms with E-state index >= 15 is 0 Å². The average Bonchev–Trinajstić information content (AvgIpc) is 2.28. The SMILES string of the molecule is COCCCC(NN)c1cc(Cl)ccc1C. The van der Waals surface area contributed by atoms with Gasteiger partial charge in [-0.2, -0.15) is 0 Å². The third kappa shape index (κ3) is 3.76. The molecule has 0 radical (unpaired) electrons. The summed E-state index contributed by atoms with van der Waals surface area (Å²) in [5, 5.41) is 0.743. The second kappa shape index (κ2) is 6.86. The van der Waals surface area contributed by atoms with Gasteiger partial charge in [-0.15, -0.1) is 0 Å². The number of benzene rings is 1. The lowest BCUT2D eigenvalue weighted by Gasteiger charge is -2.18. The van der Waals surface area contributed by atoms with Crippen LogP contribution < -0.4 is 11.3 Å². The lowest BCUT2D eigenvalue weighted by Crippen LogP contribution is -2.28. The van der Waals surface area contributed by atoms with Crippen molar-refractivity contribution < 1.29 is 4.74 Å². The third-order valence-electron chi connectivity index (χ3n) is 2.66. The molecule has 0 aliphatic heterocycles. The molecular weight excluding hydrogens is 224 g/mol. The molecule has 0 aliphatic carbocycles. The van der Waals surface area contributed by atoms with Crippen molar-refractivity contribution in [3.05, 3.63) is 34.3 Å². The van der Waals surface area contributed by atoms with Crippen molar-refractivity contribution in [2.24, 2.45) is 5.84 Å². The van der Waals surface area contributed by atoms with E-state index in [1.54, 1.807) is 7.11 Å². The number of nitrogens with one attached hydrogen (secondary N) is 1. The van der Waals surface area contributed by atoms with E-state index in [4.69, 9.17) is 22.2 Å². The fraction of sp³-hybridized carbons (Fsp3) is 0.500. The van der Waals surface area contributed by atoms with Gasteiger partial charge in [0.05, 0.1) is 0 Å². The zero-order valence-corrected chi connectivity index (χ0v) is 10.6. The molecule has 0 fully saturated rings. The van der Waals surface area contributed by atoms with Crippen LogP contribution in [0.3, 0.4) is 0 Å². The highest BCUT2D eigenvalue weighted by molar-refractivity contribution is 6.30. The standard InChI is InChI=1S/C12H19ClN2O/c1-9-5-6-10(13)8-11(9)12(15-14)4-3-7-16-2/h5-6,8,12,15H,3-4,7,14H2,1-2H3. The van der Waals surface area contributed by atoms with Crippen molar-refractivity contribution in [1.82, 2.24) is 5.43 Å². The maximum atomic E-state index is 5.99. The van der Waals surface area contributed by atoms with Gasteiger partial charge in [0.15, 0.2) is 0 Å². The number of nitrogens with two attached hydrogens (primary N) is 1. The number of methoxy groups -OCH3 is 1. The molecule has 0 saturated heterocycles. The molecule has 4 heteroatoms. The first-order valence-electron chi connectivity index (χ1n) is 5.40. The van der Waals surface area contributed by atoms with E-state index in [2.05, 4.69) is 12.3 Å². The Morgan fingerprint density at radius 1 is 1.50 bits per heavy atom. The first kappa shape index (κ1) is 13.5. The predicted octanol–water partition coefficient (Wildman–Crippen LogP) is 2.58. The summed E-state index contributed by atoms with van der Waals surface area (Å²) in [5.74, 6) is 5.57.